The van der Waals surface area contributed by atoms with E-state index in [9.17, 15) is 13.2 Å². The van der Waals surface area contributed by atoms with Crippen molar-refractivity contribution < 1.29 is 17.9 Å². The minimum absolute atomic E-state index is 0.00318. The summed E-state index contributed by atoms with van der Waals surface area (Å²) in [5.74, 6) is -1.15. The van der Waals surface area contributed by atoms with E-state index in [0.29, 0.717) is 6.42 Å². The van der Waals surface area contributed by atoms with Crippen LogP contribution in [-0.4, -0.2) is 44.6 Å². The van der Waals surface area contributed by atoms with Gasteiger partial charge < -0.3 is 10.1 Å². The van der Waals surface area contributed by atoms with Gasteiger partial charge in [0.15, 0.2) is 9.84 Å². The van der Waals surface area contributed by atoms with Crippen molar-refractivity contribution in [3.8, 4) is 0 Å². The maximum absolute atomic E-state index is 12.6. The summed E-state index contributed by atoms with van der Waals surface area (Å²) >= 11 is 0. The summed E-state index contributed by atoms with van der Waals surface area (Å²) in [5, 5.41) is 2.84. The average molecular weight is 319 g/mol. The van der Waals surface area contributed by atoms with Gasteiger partial charge in [0.2, 0.25) is 0 Å². The van der Waals surface area contributed by atoms with E-state index in [-0.39, 0.29) is 18.1 Å². The van der Waals surface area contributed by atoms with Gasteiger partial charge in [-0.3, -0.25) is 4.79 Å². The lowest BCUT2D eigenvalue weighted by Gasteiger charge is -2.40. The molecular formula is C15H29NO4S. The first-order chi connectivity index (χ1) is 9.72. The molecule has 0 spiro atoms. The van der Waals surface area contributed by atoms with Gasteiger partial charge >= 0.3 is 5.97 Å². The molecule has 124 valence electrons. The standard InChI is InChI=1S/C15H29NO4S/c1-5-9-16-12-7-8-15(3,4)10-13(12)21(18,19)11-14(17)20-6-2/h12-13,16H,5-11H2,1-4H3. The molecule has 0 aliphatic heterocycles. The summed E-state index contributed by atoms with van der Waals surface area (Å²) in [6.45, 7) is 8.94. The van der Waals surface area contributed by atoms with Crippen molar-refractivity contribution in [1.29, 1.82) is 0 Å². The second-order valence-electron chi connectivity index (χ2n) is 6.62. The molecule has 0 bridgehead atoms. The van der Waals surface area contributed by atoms with E-state index in [1.165, 1.54) is 0 Å². The molecule has 0 aromatic heterocycles. The highest BCUT2D eigenvalue weighted by Gasteiger charge is 2.42. The highest BCUT2D eigenvalue weighted by molar-refractivity contribution is 7.92. The van der Waals surface area contributed by atoms with Crippen LogP contribution in [0.2, 0.25) is 0 Å². The Labute approximate surface area is 128 Å². The van der Waals surface area contributed by atoms with Crippen molar-refractivity contribution in [1.82, 2.24) is 5.32 Å². The van der Waals surface area contributed by atoms with Gasteiger partial charge in [-0.2, -0.15) is 0 Å². The molecule has 1 saturated carbocycles. The summed E-state index contributed by atoms with van der Waals surface area (Å²) in [5.41, 5.74) is -0.00318. The van der Waals surface area contributed by atoms with Crippen LogP contribution in [0.25, 0.3) is 0 Å². The summed E-state index contributed by atoms with van der Waals surface area (Å²) in [7, 11) is -3.49. The van der Waals surface area contributed by atoms with E-state index in [2.05, 4.69) is 26.1 Å². The smallest absolute Gasteiger partial charge is 0.321 e. The highest BCUT2D eigenvalue weighted by Crippen LogP contribution is 2.38. The van der Waals surface area contributed by atoms with E-state index in [4.69, 9.17) is 4.74 Å². The van der Waals surface area contributed by atoms with Crippen molar-refractivity contribution in [3.05, 3.63) is 0 Å². The van der Waals surface area contributed by atoms with E-state index in [0.717, 1.165) is 25.8 Å². The molecular weight excluding hydrogens is 290 g/mol. The molecule has 0 aromatic carbocycles. The van der Waals surface area contributed by atoms with Crippen LogP contribution in [0.15, 0.2) is 0 Å². The average Bonchev–Trinajstić information content (AvgIpc) is 2.36. The topological polar surface area (TPSA) is 72.5 Å². The van der Waals surface area contributed by atoms with Gasteiger partial charge in [0.1, 0.15) is 5.75 Å². The monoisotopic (exact) mass is 319 g/mol. The van der Waals surface area contributed by atoms with Crippen LogP contribution in [-0.2, 0) is 19.4 Å². The molecule has 1 aliphatic rings. The highest BCUT2D eigenvalue weighted by atomic mass is 32.2. The Hall–Kier alpha value is -0.620. The number of hydrogen-bond acceptors (Lipinski definition) is 5. The summed E-state index contributed by atoms with van der Waals surface area (Å²) in [6, 6.07) is -0.0580. The Kier molecular flexibility index (Phi) is 6.66. The minimum Gasteiger partial charge on any atom is -0.465 e. The van der Waals surface area contributed by atoms with Crippen molar-refractivity contribution in [2.75, 3.05) is 18.9 Å². The van der Waals surface area contributed by atoms with Gasteiger partial charge in [0.25, 0.3) is 0 Å². The van der Waals surface area contributed by atoms with Gasteiger partial charge in [-0.15, -0.1) is 0 Å². The SMILES string of the molecule is CCCNC1CCC(C)(C)CC1S(=O)(=O)CC(=O)OCC. The van der Waals surface area contributed by atoms with Gasteiger partial charge in [-0.05, 0) is 44.6 Å². The van der Waals surface area contributed by atoms with Crippen LogP contribution in [0.3, 0.4) is 0 Å². The summed E-state index contributed by atoms with van der Waals surface area (Å²) in [6.07, 6.45) is 3.39. The molecule has 6 heteroatoms. The minimum atomic E-state index is -3.49. The molecule has 5 nitrogen and oxygen atoms in total. The normalized spacial score (nSPS) is 25.5. The van der Waals surface area contributed by atoms with Crippen molar-refractivity contribution in [2.45, 2.75) is 64.7 Å². The Bertz CT molecular complexity index is 445. The maximum atomic E-state index is 12.6. The fourth-order valence-electron chi connectivity index (χ4n) is 2.94. The van der Waals surface area contributed by atoms with Crippen molar-refractivity contribution in [2.24, 2.45) is 5.41 Å². The van der Waals surface area contributed by atoms with Crippen molar-refractivity contribution in [3.63, 3.8) is 0 Å². The molecule has 1 aliphatic carbocycles. The fourth-order valence-corrected chi connectivity index (χ4v) is 5.00. The van der Waals surface area contributed by atoms with E-state index < -0.39 is 26.8 Å². The Morgan fingerprint density at radius 3 is 2.57 bits per heavy atom. The summed E-state index contributed by atoms with van der Waals surface area (Å²) in [4.78, 5) is 11.6. The molecule has 2 unspecified atom stereocenters. The Morgan fingerprint density at radius 1 is 1.33 bits per heavy atom. The van der Waals surface area contributed by atoms with Crippen LogP contribution in [0, 0.1) is 5.41 Å². The summed E-state index contributed by atoms with van der Waals surface area (Å²) < 4.78 is 30.0. The van der Waals surface area contributed by atoms with Gasteiger partial charge in [-0.1, -0.05) is 20.8 Å². The number of sulfone groups is 1. The largest absolute Gasteiger partial charge is 0.465 e. The third kappa shape index (κ3) is 5.58. The lowest BCUT2D eigenvalue weighted by molar-refractivity contribution is -0.139. The van der Waals surface area contributed by atoms with Crippen LogP contribution in [0.4, 0.5) is 0 Å². The number of carbonyl (C=O) groups excluding carboxylic acids is 1. The zero-order valence-electron chi connectivity index (χ0n) is 13.6. The zero-order chi connectivity index (χ0) is 16.1. The molecule has 1 fully saturated rings. The van der Waals surface area contributed by atoms with E-state index in [1.54, 1.807) is 6.92 Å². The number of hydrogen-bond donors (Lipinski definition) is 1. The molecule has 0 saturated heterocycles. The first kappa shape index (κ1) is 18.4. The molecule has 0 amide bonds. The molecule has 0 aromatic rings. The number of nitrogens with one attached hydrogen (secondary N) is 1. The van der Waals surface area contributed by atoms with Crippen LogP contribution < -0.4 is 5.32 Å². The second kappa shape index (κ2) is 7.58. The third-order valence-electron chi connectivity index (χ3n) is 4.08. The molecule has 2 atom stereocenters. The van der Waals surface area contributed by atoms with Gasteiger partial charge in [0, 0.05) is 6.04 Å². The van der Waals surface area contributed by atoms with Gasteiger partial charge in [0.05, 0.1) is 11.9 Å². The van der Waals surface area contributed by atoms with E-state index >= 15 is 0 Å². The number of carbonyl (C=O) groups is 1. The predicted octanol–water partition coefficient (Wildman–Crippen LogP) is 1.91. The predicted molar refractivity (Wildman–Crippen MR) is 83.9 cm³/mol. The maximum Gasteiger partial charge on any atom is 0.321 e. The molecule has 0 radical (unpaired) electrons. The molecule has 1 rings (SSSR count). The third-order valence-corrected chi connectivity index (χ3v) is 6.13. The van der Waals surface area contributed by atoms with Crippen LogP contribution in [0.1, 0.15) is 53.4 Å². The van der Waals surface area contributed by atoms with Gasteiger partial charge in [-0.25, -0.2) is 8.42 Å². The zero-order valence-corrected chi connectivity index (χ0v) is 14.5. The van der Waals surface area contributed by atoms with Crippen LogP contribution in [0.5, 0.6) is 0 Å². The van der Waals surface area contributed by atoms with Crippen LogP contribution >= 0.6 is 0 Å². The Balaban J connectivity index is 2.86. The number of esters is 1. The fraction of sp³-hybridized carbons (Fsp3) is 0.933. The first-order valence-electron chi connectivity index (χ1n) is 7.82. The first-order valence-corrected chi connectivity index (χ1v) is 9.54. The second-order valence-corrected chi connectivity index (χ2v) is 8.84. The molecule has 1 N–H and O–H groups in total. The Morgan fingerprint density at radius 2 is 2.00 bits per heavy atom. The molecule has 0 heterocycles. The molecule has 21 heavy (non-hydrogen) atoms. The number of rotatable bonds is 7. The van der Waals surface area contributed by atoms with Crippen molar-refractivity contribution >= 4 is 15.8 Å². The number of ether oxygens (including phenoxy) is 1. The lowest BCUT2D eigenvalue weighted by Crippen LogP contribution is -2.51. The lowest BCUT2D eigenvalue weighted by atomic mass is 9.75. The van der Waals surface area contributed by atoms with E-state index in [1.807, 2.05) is 0 Å². The quantitative estimate of drug-likeness (QED) is 0.726.